The SMILES string of the molecule is COc1ccc(C2=C(O)C(=O)N(C)C2=O)cc1. The average molecular weight is 233 g/mol. The Balaban J connectivity index is 2.46. The Labute approximate surface area is 97.9 Å². The number of likely N-dealkylation sites (N-methyl/N-ethyl adjacent to an activating group) is 1. The van der Waals surface area contributed by atoms with Crippen molar-refractivity contribution in [1.82, 2.24) is 4.90 Å². The molecule has 2 rings (SSSR count). The molecule has 1 heterocycles. The molecular weight excluding hydrogens is 222 g/mol. The molecule has 0 aliphatic carbocycles. The van der Waals surface area contributed by atoms with Crippen LogP contribution in [0.3, 0.4) is 0 Å². The molecule has 5 nitrogen and oxygen atoms in total. The molecular formula is C12H11NO4. The summed E-state index contributed by atoms with van der Waals surface area (Å²) in [6.07, 6.45) is 0. The fourth-order valence-electron chi connectivity index (χ4n) is 1.64. The lowest BCUT2D eigenvalue weighted by Crippen LogP contribution is -2.26. The van der Waals surface area contributed by atoms with Gasteiger partial charge in [-0.05, 0) is 17.7 Å². The van der Waals surface area contributed by atoms with Crippen LogP contribution in [0.25, 0.3) is 5.57 Å². The number of hydrogen-bond donors (Lipinski definition) is 1. The number of rotatable bonds is 2. The van der Waals surface area contributed by atoms with Crippen LogP contribution in [0, 0.1) is 0 Å². The van der Waals surface area contributed by atoms with Gasteiger partial charge in [-0.15, -0.1) is 0 Å². The molecule has 0 unspecified atom stereocenters. The van der Waals surface area contributed by atoms with Crippen LogP contribution < -0.4 is 4.74 Å². The number of carbonyl (C=O) groups excluding carboxylic acids is 2. The summed E-state index contributed by atoms with van der Waals surface area (Å²) in [6, 6.07) is 6.56. The zero-order valence-corrected chi connectivity index (χ0v) is 9.43. The highest BCUT2D eigenvalue weighted by atomic mass is 16.5. The van der Waals surface area contributed by atoms with Gasteiger partial charge in [-0.1, -0.05) is 12.1 Å². The van der Waals surface area contributed by atoms with Crippen LogP contribution in [0.4, 0.5) is 0 Å². The maximum atomic E-state index is 11.7. The minimum Gasteiger partial charge on any atom is -0.502 e. The second kappa shape index (κ2) is 3.93. The minimum atomic E-state index is -0.680. The predicted octanol–water partition coefficient (Wildman–Crippen LogP) is 0.963. The predicted molar refractivity (Wildman–Crippen MR) is 60.3 cm³/mol. The Hall–Kier alpha value is -2.30. The average Bonchev–Trinajstić information content (AvgIpc) is 2.54. The molecule has 0 radical (unpaired) electrons. The van der Waals surface area contributed by atoms with Crippen LogP contribution in [0.5, 0.6) is 5.75 Å². The molecule has 5 heteroatoms. The van der Waals surface area contributed by atoms with Crippen molar-refractivity contribution >= 4 is 17.4 Å². The molecule has 1 aromatic rings. The summed E-state index contributed by atoms with van der Waals surface area (Å²) >= 11 is 0. The number of hydrogen-bond acceptors (Lipinski definition) is 4. The number of imide groups is 1. The Bertz CT molecular complexity index is 516. The number of methoxy groups -OCH3 is 1. The fraction of sp³-hybridized carbons (Fsp3) is 0.167. The standard InChI is InChI=1S/C12H11NO4/c1-13-11(15)9(10(14)12(13)16)7-3-5-8(17-2)6-4-7/h3-6,14H,1-2H3. The van der Waals surface area contributed by atoms with E-state index in [0.29, 0.717) is 11.3 Å². The number of carbonyl (C=O) groups is 2. The third-order valence-electron chi connectivity index (χ3n) is 2.64. The molecule has 1 aromatic carbocycles. The van der Waals surface area contributed by atoms with Crippen LogP contribution in [-0.4, -0.2) is 36.0 Å². The van der Waals surface area contributed by atoms with Gasteiger partial charge >= 0.3 is 0 Å². The van der Waals surface area contributed by atoms with Gasteiger partial charge in [-0.25, -0.2) is 0 Å². The first kappa shape index (κ1) is 11.2. The lowest BCUT2D eigenvalue weighted by Gasteiger charge is -2.06. The van der Waals surface area contributed by atoms with E-state index in [4.69, 9.17) is 4.74 Å². The molecule has 1 aliphatic rings. The molecule has 0 bridgehead atoms. The highest BCUT2D eigenvalue weighted by Gasteiger charge is 2.36. The van der Waals surface area contributed by atoms with Crippen molar-refractivity contribution in [2.45, 2.75) is 0 Å². The van der Waals surface area contributed by atoms with Gasteiger partial charge in [0, 0.05) is 7.05 Å². The fourth-order valence-corrected chi connectivity index (χ4v) is 1.64. The van der Waals surface area contributed by atoms with Gasteiger partial charge in [-0.3, -0.25) is 14.5 Å². The van der Waals surface area contributed by atoms with Crippen molar-refractivity contribution in [1.29, 1.82) is 0 Å². The van der Waals surface area contributed by atoms with Crippen molar-refractivity contribution in [3.63, 3.8) is 0 Å². The van der Waals surface area contributed by atoms with E-state index in [-0.39, 0.29) is 5.57 Å². The van der Waals surface area contributed by atoms with Crippen molar-refractivity contribution in [3.8, 4) is 5.75 Å². The monoisotopic (exact) mass is 233 g/mol. The van der Waals surface area contributed by atoms with Crippen LogP contribution in [-0.2, 0) is 9.59 Å². The smallest absolute Gasteiger partial charge is 0.296 e. The molecule has 0 saturated heterocycles. The van der Waals surface area contributed by atoms with Gasteiger partial charge in [0.15, 0.2) is 5.76 Å². The summed E-state index contributed by atoms with van der Waals surface area (Å²) in [5, 5.41) is 9.61. The Morgan fingerprint density at radius 1 is 1.12 bits per heavy atom. The molecule has 17 heavy (non-hydrogen) atoms. The normalized spacial score (nSPS) is 15.8. The highest BCUT2D eigenvalue weighted by molar-refractivity contribution is 6.34. The second-order valence-electron chi connectivity index (χ2n) is 3.62. The Kier molecular flexibility index (Phi) is 2.59. The molecule has 2 amide bonds. The zero-order chi connectivity index (χ0) is 12.6. The van der Waals surface area contributed by atoms with Gasteiger partial charge in [0.25, 0.3) is 11.8 Å². The summed E-state index contributed by atoms with van der Waals surface area (Å²) in [7, 11) is 2.86. The third-order valence-corrected chi connectivity index (χ3v) is 2.64. The van der Waals surface area contributed by atoms with Gasteiger partial charge in [0.05, 0.1) is 12.7 Å². The van der Waals surface area contributed by atoms with Crippen molar-refractivity contribution in [3.05, 3.63) is 35.6 Å². The van der Waals surface area contributed by atoms with E-state index in [1.807, 2.05) is 0 Å². The Morgan fingerprint density at radius 3 is 2.12 bits per heavy atom. The van der Waals surface area contributed by atoms with Gasteiger partial charge in [0.2, 0.25) is 0 Å². The first-order valence-corrected chi connectivity index (χ1v) is 4.96. The first-order valence-electron chi connectivity index (χ1n) is 4.96. The van der Waals surface area contributed by atoms with E-state index in [1.165, 1.54) is 14.2 Å². The minimum absolute atomic E-state index is 0.0279. The lowest BCUT2D eigenvalue weighted by molar-refractivity contribution is -0.136. The summed E-state index contributed by atoms with van der Waals surface area (Å²) in [4.78, 5) is 24.0. The van der Waals surface area contributed by atoms with Crippen LogP contribution in [0.15, 0.2) is 30.0 Å². The summed E-state index contributed by atoms with van der Waals surface area (Å²) < 4.78 is 4.99. The number of benzene rings is 1. The third kappa shape index (κ3) is 1.65. The molecule has 0 saturated carbocycles. The molecule has 0 spiro atoms. The van der Waals surface area contributed by atoms with Gasteiger partial charge < -0.3 is 9.84 Å². The maximum absolute atomic E-state index is 11.7. The van der Waals surface area contributed by atoms with Crippen LogP contribution in [0.1, 0.15) is 5.56 Å². The van der Waals surface area contributed by atoms with Gasteiger partial charge in [0.1, 0.15) is 5.75 Å². The number of ether oxygens (including phenoxy) is 1. The van der Waals surface area contributed by atoms with Crippen LogP contribution in [0.2, 0.25) is 0 Å². The van der Waals surface area contributed by atoms with Crippen molar-refractivity contribution in [2.75, 3.05) is 14.2 Å². The second-order valence-corrected chi connectivity index (χ2v) is 3.62. The number of nitrogens with zero attached hydrogens (tertiary/aromatic N) is 1. The number of aliphatic hydroxyl groups is 1. The van der Waals surface area contributed by atoms with E-state index in [1.54, 1.807) is 24.3 Å². The molecule has 0 aromatic heterocycles. The molecule has 1 aliphatic heterocycles. The van der Waals surface area contributed by atoms with Crippen molar-refractivity contribution in [2.24, 2.45) is 0 Å². The molecule has 1 N–H and O–H groups in total. The first-order chi connectivity index (χ1) is 8.06. The molecule has 0 atom stereocenters. The van der Waals surface area contributed by atoms with E-state index < -0.39 is 17.6 Å². The van der Waals surface area contributed by atoms with Crippen molar-refractivity contribution < 1.29 is 19.4 Å². The topological polar surface area (TPSA) is 66.8 Å². The van der Waals surface area contributed by atoms with Crippen LogP contribution >= 0.6 is 0 Å². The number of aliphatic hydroxyl groups excluding tert-OH is 1. The van der Waals surface area contributed by atoms with E-state index >= 15 is 0 Å². The maximum Gasteiger partial charge on any atom is 0.296 e. The zero-order valence-electron chi connectivity index (χ0n) is 9.43. The number of amides is 2. The van der Waals surface area contributed by atoms with E-state index in [9.17, 15) is 14.7 Å². The van der Waals surface area contributed by atoms with Gasteiger partial charge in [-0.2, -0.15) is 0 Å². The summed E-state index contributed by atoms with van der Waals surface area (Å²) in [5.74, 6) is -1.06. The molecule has 0 fully saturated rings. The quantitative estimate of drug-likeness (QED) is 0.773. The van der Waals surface area contributed by atoms with E-state index in [2.05, 4.69) is 0 Å². The largest absolute Gasteiger partial charge is 0.502 e. The lowest BCUT2D eigenvalue weighted by atomic mass is 10.1. The highest BCUT2D eigenvalue weighted by Crippen LogP contribution is 2.27. The summed E-state index contributed by atoms with van der Waals surface area (Å²) in [5.41, 5.74) is 0.520. The Morgan fingerprint density at radius 2 is 1.71 bits per heavy atom. The summed E-state index contributed by atoms with van der Waals surface area (Å²) in [6.45, 7) is 0. The molecule has 88 valence electrons. The van der Waals surface area contributed by atoms with E-state index in [0.717, 1.165) is 4.90 Å².